The quantitative estimate of drug-likeness (QED) is 0.893. The van der Waals surface area contributed by atoms with Crippen LogP contribution in [0, 0.1) is 12.3 Å². The zero-order valence-electron chi connectivity index (χ0n) is 15.9. The summed E-state index contributed by atoms with van der Waals surface area (Å²) in [6, 6.07) is 3.53. The van der Waals surface area contributed by atoms with E-state index in [2.05, 4.69) is 4.90 Å². The van der Waals surface area contributed by atoms with Crippen LogP contribution in [0.15, 0.2) is 24.5 Å². The molecule has 1 amide bonds. The largest absolute Gasteiger partial charge is 0.480 e. The Labute approximate surface area is 158 Å². The SMILES string of the molecule is CC(=O)N1CCC2(CC1)CC(C(=O)O)N(Cc1cn3cccc(C)c3n1)C2. The highest BCUT2D eigenvalue weighted by Crippen LogP contribution is 2.44. The summed E-state index contributed by atoms with van der Waals surface area (Å²) in [7, 11) is 0. The number of rotatable bonds is 3. The Morgan fingerprint density at radius 3 is 2.70 bits per heavy atom. The number of hydrogen-bond acceptors (Lipinski definition) is 4. The number of piperidine rings is 1. The number of aromatic nitrogens is 2. The van der Waals surface area contributed by atoms with Crippen molar-refractivity contribution in [2.24, 2.45) is 5.41 Å². The van der Waals surface area contributed by atoms with Crippen LogP contribution in [-0.4, -0.2) is 61.8 Å². The number of amides is 1. The molecule has 1 spiro atoms. The fourth-order valence-corrected chi connectivity index (χ4v) is 4.70. The van der Waals surface area contributed by atoms with Gasteiger partial charge in [0.25, 0.3) is 0 Å². The summed E-state index contributed by atoms with van der Waals surface area (Å²) in [6.07, 6.45) is 6.36. The molecule has 1 N–H and O–H groups in total. The van der Waals surface area contributed by atoms with Gasteiger partial charge in [0, 0.05) is 45.5 Å². The normalized spacial score (nSPS) is 22.6. The molecule has 144 valence electrons. The molecule has 0 saturated carbocycles. The number of carbonyl (C=O) groups excluding carboxylic acids is 1. The van der Waals surface area contributed by atoms with Crippen molar-refractivity contribution in [3.05, 3.63) is 35.8 Å². The Hall–Kier alpha value is -2.41. The number of carboxylic acid groups (broad SMARTS) is 1. The third-order valence-corrected chi connectivity index (χ3v) is 6.25. The standard InChI is InChI=1S/C20H26N4O3/c1-14-4-3-7-23-11-16(21-18(14)23)12-24-13-20(10-17(24)19(26)27)5-8-22(9-6-20)15(2)25/h3-4,7,11,17H,5-6,8-10,12-13H2,1-2H3,(H,26,27). The molecule has 7 nitrogen and oxygen atoms in total. The van der Waals surface area contributed by atoms with Crippen molar-refractivity contribution in [1.82, 2.24) is 19.2 Å². The molecular formula is C20H26N4O3. The Bertz CT molecular complexity index is 882. The van der Waals surface area contributed by atoms with Crippen molar-refractivity contribution >= 4 is 17.5 Å². The second-order valence-corrected chi connectivity index (χ2v) is 8.12. The van der Waals surface area contributed by atoms with Crippen molar-refractivity contribution in [1.29, 1.82) is 0 Å². The number of aryl methyl sites for hydroxylation is 1. The lowest BCUT2D eigenvalue weighted by atomic mass is 9.76. The van der Waals surface area contributed by atoms with E-state index in [1.165, 1.54) is 0 Å². The Morgan fingerprint density at radius 2 is 2.07 bits per heavy atom. The van der Waals surface area contributed by atoms with E-state index in [9.17, 15) is 14.7 Å². The summed E-state index contributed by atoms with van der Waals surface area (Å²) in [5.41, 5.74) is 2.91. The zero-order valence-corrected chi connectivity index (χ0v) is 15.9. The lowest BCUT2D eigenvalue weighted by Gasteiger charge is -2.39. The average Bonchev–Trinajstić information content (AvgIpc) is 3.18. The van der Waals surface area contributed by atoms with E-state index in [0.717, 1.165) is 49.4 Å². The predicted molar refractivity (Wildman–Crippen MR) is 100 cm³/mol. The van der Waals surface area contributed by atoms with Gasteiger partial charge >= 0.3 is 5.97 Å². The van der Waals surface area contributed by atoms with Crippen LogP contribution in [0.2, 0.25) is 0 Å². The van der Waals surface area contributed by atoms with E-state index in [1.54, 1.807) is 6.92 Å². The summed E-state index contributed by atoms with van der Waals surface area (Å²) in [6.45, 7) is 6.37. The summed E-state index contributed by atoms with van der Waals surface area (Å²) in [5, 5.41) is 9.77. The lowest BCUT2D eigenvalue weighted by Crippen LogP contribution is -2.43. The summed E-state index contributed by atoms with van der Waals surface area (Å²) in [4.78, 5) is 32.1. The fraction of sp³-hybridized carbons (Fsp3) is 0.550. The van der Waals surface area contributed by atoms with Gasteiger partial charge in [0.2, 0.25) is 5.91 Å². The van der Waals surface area contributed by atoms with E-state index >= 15 is 0 Å². The minimum atomic E-state index is -0.763. The van der Waals surface area contributed by atoms with Crippen LogP contribution >= 0.6 is 0 Å². The van der Waals surface area contributed by atoms with Gasteiger partial charge in [0.1, 0.15) is 11.7 Å². The van der Waals surface area contributed by atoms with Crippen LogP contribution in [0.1, 0.15) is 37.4 Å². The van der Waals surface area contributed by atoms with Gasteiger partial charge in [-0.05, 0) is 43.2 Å². The average molecular weight is 370 g/mol. The van der Waals surface area contributed by atoms with Gasteiger partial charge in [-0.1, -0.05) is 6.07 Å². The maximum absolute atomic E-state index is 11.9. The molecule has 4 rings (SSSR count). The molecule has 2 fully saturated rings. The molecule has 0 aromatic carbocycles. The van der Waals surface area contributed by atoms with Gasteiger partial charge in [-0.3, -0.25) is 14.5 Å². The second-order valence-electron chi connectivity index (χ2n) is 8.12. The van der Waals surface area contributed by atoms with Gasteiger partial charge in [-0.2, -0.15) is 0 Å². The van der Waals surface area contributed by atoms with E-state index in [1.807, 2.05) is 40.8 Å². The summed E-state index contributed by atoms with van der Waals surface area (Å²) < 4.78 is 2.00. The fourth-order valence-electron chi connectivity index (χ4n) is 4.70. The van der Waals surface area contributed by atoms with Crippen molar-refractivity contribution in [2.75, 3.05) is 19.6 Å². The number of fused-ring (bicyclic) bond motifs is 1. The van der Waals surface area contributed by atoms with Crippen LogP contribution < -0.4 is 0 Å². The molecule has 0 aliphatic carbocycles. The van der Waals surface area contributed by atoms with Crippen LogP contribution in [0.4, 0.5) is 0 Å². The first kappa shape index (κ1) is 18.0. The molecule has 2 aliphatic rings. The van der Waals surface area contributed by atoms with E-state index in [-0.39, 0.29) is 11.3 Å². The first-order valence-electron chi connectivity index (χ1n) is 9.52. The molecule has 4 heterocycles. The van der Waals surface area contributed by atoms with Crippen LogP contribution in [-0.2, 0) is 16.1 Å². The maximum Gasteiger partial charge on any atom is 0.320 e. The first-order chi connectivity index (χ1) is 12.9. The van der Waals surface area contributed by atoms with Crippen LogP contribution in [0.25, 0.3) is 5.65 Å². The number of carbonyl (C=O) groups is 2. The van der Waals surface area contributed by atoms with Crippen LogP contribution in [0.5, 0.6) is 0 Å². The number of imidazole rings is 1. The van der Waals surface area contributed by atoms with Crippen molar-refractivity contribution < 1.29 is 14.7 Å². The molecule has 0 radical (unpaired) electrons. The molecule has 2 saturated heterocycles. The molecular weight excluding hydrogens is 344 g/mol. The third kappa shape index (κ3) is 3.32. The van der Waals surface area contributed by atoms with E-state index in [0.29, 0.717) is 13.0 Å². The van der Waals surface area contributed by atoms with Crippen molar-refractivity contribution in [2.45, 2.75) is 45.7 Å². The smallest absolute Gasteiger partial charge is 0.320 e. The number of aliphatic carboxylic acids is 1. The molecule has 2 aromatic rings. The van der Waals surface area contributed by atoms with Gasteiger partial charge < -0.3 is 14.4 Å². The number of likely N-dealkylation sites (tertiary alicyclic amines) is 2. The molecule has 1 unspecified atom stereocenters. The molecule has 2 aliphatic heterocycles. The lowest BCUT2D eigenvalue weighted by molar-refractivity contribution is -0.142. The maximum atomic E-state index is 11.9. The molecule has 1 atom stereocenters. The Morgan fingerprint density at radius 1 is 1.33 bits per heavy atom. The number of hydrogen-bond donors (Lipinski definition) is 1. The van der Waals surface area contributed by atoms with Crippen LogP contribution in [0.3, 0.4) is 0 Å². The van der Waals surface area contributed by atoms with E-state index in [4.69, 9.17) is 4.98 Å². The van der Waals surface area contributed by atoms with E-state index < -0.39 is 12.0 Å². The Balaban J connectivity index is 1.53. The van der Waals surface area contributed by atoms with Gasteiger partial charge in [0.05, 0.1) is 5.69 Å². The third-order valence-electron chi connectivity index (χ3n) is 6.25. The highest BCUT2D eigenvalue weighted by molar-refractivity contribution is 5.74. The second kappa shape index (κ2) is 6.64. The molecule has 7 heteroatoms. The monoisotopic (exact) mass is 370 g/mol. The van der Waals surface area contributed by atoms with Crippen molar-refractivity contribution in [3.8, 4) is 0 Å². The highest BCUT2D eigenvalue weighted by atomic mass is 16.4. The molecule has 27 heavy (non-hydrogen) atoms. The van der Waals surface area contributed by atoms with Gasteiger partial charge in [-0.25, -0.2) is 4.98 Å². The van der Waals surface area contributed by atoms with Crippen molar-refractivity contribution in [3.63, 3.8) is 0 Å². The Kier molecular flexibility index (Phi) is 4.42. The highest BCUT2D eigenvalue weighted by Gasteiger charge is 2.48. The number of carboxylic acids is 1. The molecule has 0 bridgehead atoms. The molecule has 2 aromatic heterocycles. The number of pyridine rings is 1. The summed E-state index contributed by atoms with van der Waals surface area (Å²) in [5.74, 6) is -0.657. The summed E-state index contributed by atoms with van der Waals surface area (Å²) >= 11 is 0. The number of nitrogens with zero attached hydrogens (tertiary/aromatic N) is 4. The first-order valence-corrected chi connectivity index (χ1v) is 9.52. The topological polar surface area (TPSA) is 78.2 Å². The predicted octanol–water partition coefficient (Wildman–Crippen LogP) is 1.93. The van der Waals surface area contributed by atoms with Gasteiger partial charge in [-0.15, -0.1) is 0 Å². The van der Waals surface area contributed by atoms with Gasteiger partial charge in [0.15, 0.2) is 0 Å². The zero-order chi connectivity index (χ0) is 19.2. The minimum absolute atomic E-state index is 0.00984. The minimum Gasteiger partial charge on any atom is -0.480 e.